The van der Waals surface area contributed by atoms with Crippen LogP contribution in [0.1, 0.15) is 25.8 Å². The molecule has 3 rings (SSSR count). The van der Waals surface area contributed by atoms with Crippen LogP contribution in [-0.2, 0) is 15.0 Å². The third-order valence-corrected chi connectivity index (χ3v) is 5.73. The Kier molecular flexibility index (Phi) is 4.60. The van der Waals surface area contributed by atoms with E-state index in [1.54, 1.807) is 0 Å². The second kappa shape index (κ2) is 6.52. The van der Waals surface area contributed by atoms with E-state index >= 15 is 0 Å². The Morgan fingerprint density at radius 3 is 2.75 bits per heavy atom. The van der Waals surface area contributed by atoms with Crippen molar-refractivity contribution >= 4 is 45.7 Å². The molecule has 8 heteroatoms. The van der Waals surface area contributed by atoms with Crippen LogP contribution in [-0.4, -0.2) is 34.3 Å². The van der Waals surface area contributed by atoms with Crippen LogP contribution in [0, 0.1) is 0 Å². The first-order chi connectivity index (χ1) is 11.3. The summed E-state index contributed by atoms with van der Waals surface area (Å²) in [5.41, 5.74) is 0.668. The molecule has 0 atom stereocenters. The van der Waals surface area contributed by atoms with Gasteiger partial charge in [-0.05, 0) is 12.1 Å². The molecule has 0 saturated heterocycles. The summed E-state index contributed by atoms with van der Waals surface area (Å²) in [6.45, 7) is 6.10. The average molecular weight is 362 g/mol. The second-order valence-electron chi connectivity index (χ2n) is 6.45. The standard InChI is InChI=1S/C16H18N4O2S2/c1-16(2,3)14-18-19-15(24-14)17-12(21)8-20-10-6-4-5-7-11(10)23-9-13(20)22/h4-7H,8-9H2,1-3H3,(H,17,19,21). The number of nitrogens with one attached hydrogen (secondary N) is 1. The fourth-order valence-electron chi connectivity index (χ4n) is 2.21. The van der Waals surface area contributed by atoms with Crippen molar-refractivity contribution in [3.05, 3.63) is 29.3 Å². The molecule has 1 aromatic heterocycles. The van der Waals surface area contributed by atoms with Crippen LogP contribution in [0.4, 0.5) is 10.8 Å². The van der Waals surface area contributed by atoms with Crippen molar-refractivity contribution in [3.63, 3.8) is 0 Å². The summed E-state index contributed by atoms with van der Waals surface area (Å²) < 4.78 is 0. The number of carbonyl (C=O) groups excluding carboxylic acids is 2. The lowest BCUT2D eigenvalue weighted by atomic mass is 9.98. The number of aromatic nitrogens is 2. The summed E-state index contributed by atoms with van der Waals surface area (Å²) in [5, 5.41) is 12.2. The van der Waals surface area contributed by atoms with E-state index in [0.717, 1.165) is 15.6 Å². The predicted molar refractivity (Wildman–Crippen MR) is 96.8 cm³/mol. The maximum absolute atomic E-state index is 12.3. The number of hydrogen-bond donors (Lipinski definition) is 1. The van der Waals surface area contributed by atoms with Gasteiger partial charge in [-0.1, -0.05) is 44.2 Å². The van der Waals surface area contributed by atoms with Crippen LogP contribution < -0.4 is 10.2 Å². The summed E-state index contributed by atoms with van der Waals surface area (Å²) >= 11 is 2.85. The van der Waals surface area contributed by atoms with Crippen molar-refractivity contribution in [2.45, 2.75) is 31.1 Å². The smallest absolute Gasteiger partial charge is 0.246 e. The molecule has 0 saturated carbocycles. The number of amides is 2. The number of anilines is 2. The van der Waals surface area contributed by atoms with Crippen molar-refractivity contribution < 1.29 is 9.59 Å². The Balaban J connectivity index is 1.71. The van der Waals surface area contributed by atoms with Gasteiger partial charge in [0.15, 0.2) is 0 Å². The van der Waals surface area contributed by atoms with Crippen LogP contribution >= 0.6 is 23.1 Å². The van der Waals surface area contributed by atoms with Crippen molar-refractivity contribution in [2.75, 3.05) is 22.5 Å². The highest BCUT2D eigenvalue weighted by Gasteiger charge is 2.27. The van der Waals surface area contributed by atoms with Gasteiger partial charge in [0.25, 0.3) is 0 Å². The lowest BCUT2D eigenvalue weighted by Crippen LogP contribution is -2.41. The van der Waals surface area contributed by atoms with Gasteiger partial charge in [-0.25, -0.2) is 0 Å². The summed E-state index contributed by atoms with van der Waals surface area (Å²) in [6, 6.07) is 7.60. The van der Waals surface area contributed by atoms with Gasteiger partial charge in [0.1, 0.15) is 11.6 Å². The molecule has 6 nitrogen and oxygen atoms in total. The number of fused-ring (bicyclic) bond motifs is 1. The molecule has 2 heterocycles. The summed E-state index contributed by atoms with van der Waals surface area (Å²) in [4.78, 5) is 27.0. The van der Waals surface area contributed by atoms with Crippen molar-refractivity contribution in [1.82, 2.24) is 10.2 Å². The van der Waals surface area contributed by atoms with Gasteiger partial charge in [0.2, 0.25) is 16.9 Å². The number of carbonyl (C=O) groups is 2. The third-order valence-electron chi connectivity index (χ3n) is 3.42. The van der Waals surface area contributed by atoms with Crippen molar-refractivity contribution in [2.24, 2.45) is 0 Å². The summed E-state index contributed by atoms with van der Waals surface area (Å²) in [6.07, 6.45) is 0. The van der Waals surface area contributed by atoms with Gasteiger partial charge in [-0.3, -0.25) is 14.9 Å². The highest BCUT2D eigenvalue weighted by molar-refractivity contribution is 8.00. The zero-order chi connectivity index (χ0) is 17.3. The topological polar surface area (TPSA) is 75.2 Å². The predicted octanol–water partition coefficient (Wildman–Crippen LogP) is 2.91. The molecular weight excluding hydrogens is 344 g/mol. The average Bonchev–Trinajstić information content (AvgIpc) is 2.99. The maximum atomic E-state index is 12.3. The highest BCUT2D eigenvalue weighted by atomic mass is 32.2. The van der Waals surface area contributed by atoms with E-state index in [-0.39, 0.29) is 23.8 Å². The van der Waals surface area contributed by atoms with E-state index in [9.17, 15) is 9.59 Å². The van der Waals surface area contributed by atoms with E-state index in [4.69, 9.17) is 0 Å². The number of hydrogen-bond acceptors (Lipinski definition) is 6. The Labute approximate surface area is 148 Å². The Bertz CT molecular complexity index is 782. The molecule has 1 N–H and O–H groups in total. The molecule has 2 amide bonds. The van der Waals surface area contributed by atoms with Crippen LogP contribution in [0.15, 0.2) is 29.2 Å². The fraction of sp³-hybridized carbons (Fsp3) is 0.375. The van der Waals surface area contributed by atoms with Gasteiger partial charge in [-0.15, -0.1) is 22.0 Å². The fourth-order valence-corrected chi connectivity index (χ4v) is 3.96. The van der Waals surface area contributed by atoms with Gasteiger partial charge >= 0.3 is 0 Å². The van der Waals surface area contributed by atoms with E-state index in [2.05, 4.69) is 15.5 Å². The zero-order valence-electron chi connectivity index (χ0n) is 13.7. The first-order valence-corrected chi connectivity index (χ1v) is 9.31. The Morgan fingerprint density at radius 1 is 1.29 bits per heavy atom. The molecule has 1 aliphatic heterocycles. The molecule has 0 aliphatic carbocycles. The monoisotopic (exact) mass is 362 g/mol. The van der Waals surface area contributed by atoms with Gasteiger partial charge in [0.05, 0.1) is 11.4 Å². The van der Waals surface area contributed by atoms with Gasteiger partial charge in [-0.2, -0.15) is 0 Å². The lowest BCUT2D eigenvalue weighted by molar-refractivity contribution is -0.120. The van der Waals surface area contributed by atoms with E-state index in [0.29, 0.717) is 10.9 Å². The maximum Gasteiger partial charge on any atom is 0.246 e. The largest absolute Gasteiger partial charge is 0.301 e. The molecule has 1 aliphatic rings. The SMILES string of the molecule is CC(C)(C)c1nnc(NC(=O)CN2C(=O)CSc3ccccc32)s1. The number of rotatable bonds is 3. The van der Waals surface area contributed by atoms with Crippen LogP contribution in [0.2, 0.25) is 0 Å². The van der Waals surface area contributed by atoms with E-state index < -0.39 is 0 Å². The highest BCUT2D eigenvalue weighted by Crippen LogP contribution is 2.34. The van der Waals surface area contributed by atoms with Crippen LogP contribution in [0.25, 0.3) is 0 Å². The van der Waals surface area contributed by atoms with E-state index in [1.807, 2.05) is 45.0 Å². The third kappa shape index (κ3) is 3.59. The summed E-state index contributed by atoms with van der Waals surface area (Å²) in [5.74, 6) is 0.000218. The number of para-hydroxylation sites is 1. The quantitative estimate of drug-likeness (QED) is 0.909. The van der Waals surface area contributed by atoms with Crippen LogP contribution in [0.3, 0.4) is 0 Å². The van der Waals surface area contributed by atoms with E-state index in [1.165, 1.54) is 28.0 Å². The number of benzene rings is 1. The molecule has 0 fully saturated rings. The first-order valence-electron chi connectivity index (χ1n) is 7.50. The minimum Gasteiger partial charge on any atom is -0.301 e. The normalized spacial score (nSPS) is 14.5. The minimum atomic E-state index is -0.276. The molecule has 1 aromatic carbocycles. The van der Waals surface area contributed by atoms with Crippen molar-refractivity contribution in [1.29, 1.82) is 0 Å². The molecule has 0 bridgehead atoms. The minimum absolute atomic E-state index is 0.0269. The molecule has 0 unspecified atom stereocenters. The van der Waals surface area contributed by atoms with Gasteiger partial charge < -0.3 is 4.90 Å². The molecule has 0 radical (unpaired) electrons. The zero-order valence-corrected chi connectivity index (χ0v) is 15.3. The first kappa shape index (κ1) is 16.9. The number of nitrogens with zero attached hydrogens (tertiary/aromatic N) is 3. The number of thioether (sulfide) groups is 1. The Morgan fingerprint density at radius 2 is 2.04 bits per heavy atom. The molecular formula is C16H18N4O2S2. The molecule has 0 spiro atoms. The lowest BCUT2D eigenvalue weighted by Gasteiger charge is -2.28. The van der Waals surface area contributed by atoms with Gasteiger partial charge in [0, 0.05) is 10.3 Å². The molecule has 2 aromatic rings. The molecule has 24 heavy (non-hydrogen) atoms. The van der Waals surface area contributed by atoms with Crippen molar-refractivity contribution in [3.8, 4) is 0 Å². The van der Waals surface area contributed by atoms with Crippen LogP contribution in [0.5, 0.6) is 0 Å². The molecule has 126 valence electrons. The Hall–Kier alpha value is -1.93. The summed E-state index contributed by atoms with van der Waals surface area (Å²) in [7, 11) is 0. The second-order valence-corrected chi connectivity index (χ2v) is 8.44.